The molecule has 5 heteroatoms. The summed E-state index contributed by atoms with van der Waals surface area (Å²) in [4.78, 5) is 4.22. The molecule has 0 fully saturated rings. The fraction of sp³-hybridized carbons (Fsp3) is 0.250. The quantitative estimate of drug-likeness (QED) is 0.660. The van der Waals surface area contributed by atoms with Crippen LogP contribution in [0.3, 0.4) is 0 Å². The van der Waals surface area contributed by atoms with Crippen molar-refractivity contribution < 1.29 is 4.42 Å². The van der Waals surface area contributed by atoms with Crippen LogP contribution in [0.4, 0.5) is 5.69 Å². The molecule has 17 heavy (non-hydrogen) atoms. The van der Waals surface area contributed by atoms with Gasteiger partial charge in [0, 0.05) is 23.0 Å². The number of rotatable bonds is 5. The van der Waals surface area contributed by atoms with Crippen molar-refractivity contribution in [3.63, 3.8) is 0 Å². The standard InChI is InChI=1S/C12H13ClN2OS/c1-9-8-16-12(15-9)17-7-6-14-11-4-2-10(13)3-5-11/h2-5,8,14H,6-7H2,1H3. The van der Waals surface area contributed by atoms with E-state index in [1.807, 2.05) is 31.2 Å². The van der Waals surface area contributed by atoms with Crippen LogP contribution in [0.15, 0.2) is 40.2 Å². The van der Waals surface area contributed by atoms with Gasteiger partial charge in [-0.25, -0.2) is 4.98 Å². The predicted molar refractivity (Wildman–Crippen MR) is 71.9 cm³/mol. The zero-order chi connectivity index (χ0) is 12.1. The summed E-state index contributed by atoms with van der Waals surface area (Å²) in [5.41, 5.74) is 1.98. The highest BCUT2D eigenvalue weighted by Crippen LogP contribution is 2.17. The molecule has 1 aromatic carbocycles. The molecule has 2 rings (SSSR count). The molecule has 0 atom stereocenters. The van der Waals surface area contributed by atoms with E-state index in [-0.39, 0.29) is 0 Å². The molecule has 1 N–H and O–H groups in total. The summed E-state index contributed by atoms with van der Waals surface area (Å²) in [6, 6.07) is 7.66. The topological polar surface area (TPSA) is 38.1 Å². The van der Waals surface area contributed by atoms with Gasteiger partial charge in [0.25, 0.3) is 5.22 Å². The molecule has 0 aliphatic rings. The van der Waals surface area contributed by atoms with Crippen molar-refractivity contribution >= 4 is 29.1 Å². The average molecular weight is 269 g/mol. The first-order valence-corrected chi connectivity index (χ1v) is 6.65. The maximum absolute atomic E-state index is 5.80. The molecule has 1 heterocycles. The number of halogens is 1. The van der Waals surface area contributed by atoms with E-state index >= 15 is 0 Å². The molecule has 0 radical (unpaired) electrons. The molecule has 0 bridgehead atoms. The zero-order valence-corrected chi connectivity index (χ0v) is 11.0. The van der Waals surface area contributed by atoms with E-state index in [0.717, 1.165) is 33.9 Å². The van der Waals surface area contributed by atoms with Crippen molar-refractivity contribution in [1.29, 1.82) is 0 Å². The van der Waals surface area contributed by atoms with Crippen LogP contribution < -0.4 is 5.32 Å². The monoisotopic (exact) mass is 268 g/mol. The van der Waals surface area contributed by atoms with Gasteiger partial charge in [-0.1, -0.05) is 23.4 Å². The minimum atomic E-state index is 0.723. The van der Waals surface area contributed by atoms with Crippen molar-refractivity contribution in [3.05, 3.63) is 41.2 Å². The minimum Gasteiger partial charge on any atom is -0.440 e. The lowest BCUT2D eigenvalue weighted by Crippen LogP contribution is -2.03. The summed E-state index contributed by atoms with van der Waals surface area (Å²) >= 11 is 7.40. The molecule has 90 valence electrons. The summed E-state index contributed by atoms with van der Waals surface area (Å²) in [7, 11) is 0. The van der Waals surface area contributed by atoms with Gasteiger partial charge in [-0.05, 0) is 31.2 Å². The van der Waals surface area contributed by atoms with E-state index in [9.17, 15) is 0 Å². The molecule has 0 aliphatic carbocycles. The Kier molecular flexibility index (Phi) is 4.34. The van der Waals surface area contributed by atoms with Gasteiger partial charge in [0.15, 0.2) is 0 Å². The normalized spacial score (nSPS) is 10.5. The highest BCUT2D eigenvalue weighted by atomic mass is 35.5. The Labute approximate surface area is 110 Å². The van der Waals surface area contributed by atoms with Crippen molar-refractivity contribution in [3.8, 4) is 0 Å². The summed E-state index contributed by atoms with van der Waals surface area (Å²) in [6.45, 7) is 2.77. The second-order valence-electron chi connectivity index (χ2n) is 3.54. The number of hydrogen-bond acceptors (Lipinski definition) is 4. The first-order chi connectivity index (χ1) is 8.24. The van der Waals surface area contributed by atoms with E-state index in [4.69, 9.17) is 16.0 Å². The Morgan fingerprint density at radius 3 is 2.76 bits per heavy atom. The van der Waals surface area contributed by atoms with Crippen LogP contribution in [-0.4, -0.2) is 17.3 Å². The number of benzene rings is 1. The lowest BCUT2D eigenvalue weighted by molar-refractivity contribution is 0.454. The number of nitrogens with one attached hydrogen (secondary N) is 1. The SMILES string of the molecule is Cc1coc(SCCNc2ccc(Cl)cc2)n1. The third-order valence-electron chi connectivity index (χ3n) is 2.10. The van der Waals surface area contributed by atoms with Gasteiger partial charge >= 0.3 is 0 Å². The van der Waals surface area contributed by atoms with Gasteiger partial charge in [0.1, 0.15) is 6.26 Å². The second kappa shape index (κ2) is 5.98. The fourth-order valence-corrected chi connectivity index (χ4v) is 2.13. The van der Waals surface area contributed by atoms with E-state index < -0.39 is 0 Å². The van der Waals surface area contributed by atoms with Crippen LogP contribution in [-0.2, 0) is 0 Å². The summed E-state index contributed by atoms with van der Waals surface area (Å²) in [5.74, 6) is 0.905. The molecule has 0 amide bonds. The lowest BCUT2D eigenvalue weighted by atomic mass is 10.3. The number of aryl methyl sites for hydroxylation is 1. The Bertz CT molecular complexity index is 470. The molecule has 0 spiro atoms. The summed E-state index contributed by atoms with van der Waals surface area (Å²) in [6.07, 6.45) is 1.66. The summed E-state index contributed by atoms with van der Waals surface area (Å²) < 4.78 is 5.24. The summed E-state index contributed by atoms with van der Waals surface area (Å²) in [5, 5.41) is 4.77. The van der Waals surface area contributed by atoms with E-state index in [1.54, 1.807) is 18.0 Å². The van der Waals surface area contributed by atoms with Crippen molar-refractivity contribution in [2.75, 3.05) is 17.6 Å². The highest BCUT2D eigenvalue weighted by Gasteiger charge is 2.00. The molecular weight excluding hydrogens is 256 g/mol. The van der Waals surface area contributed by atoms with Gasteiger partial charge < -0.3 is 9.73 Å². The second-order valence-corrected chi connectivity index (χ2v) is 5.02. The molecule has 0 saturated heterocycles. The lowest BCUT2D eigenvalue weighted by Gasteiger charge is -2.04. The van der Waals surface area contributed by atoms with Crippen molar-refractivity contribution in [1.82, 2.24) is 4.98 Å². The van der Waals surface area contributed by atoms with E-state index in [0.29, 0.717) is 0 Å². The molecule has 2 aromatic rings. The smallest absolute Gasteiger partial charge is 0.255 e. The van der Waals surface area contributed by atoms with Gasteiger partial charge in [-0.15, -0.1) is 0 Å². The number of anilines is 1. The minimum absolute atomic E-state index is 0.723. The van der Waals surface area contributed by atoms with Crippen LogP contribution >= 0.6 is 23.4 Å². The van der Waals surface area contributed by atoms with Crippen molar-refractivity contribution in [2.24, 2.45) is 0 Å². The largest absolute Gasteiger partial charge is 0.440 e. The number of hydrogen-bond donors (Lipinski definition) is 1. The number of aromatic nitrogens is 1. The zero-order valence-electron chi connectivity index (χ0n) is 9.44. The van der Waals surface area contributed by atoms with E-state index in [1.165, 1.54) is 0 Å². The van der Waals surface area contributed by atoms with E-state index in [2.05, 4.69) is 10.3 Å². The maximum Gasteiger partial charge on any atom is 0.255 e. The Morgan fingerprint density at radius 1 is 1.35 bits per heavy atom. The number of nitrogens with zero attached hydrogens (tertiary/aromatic N) is 1. The van der Waals surface area contributed by atoms with Gasteiger partial charge in [0.2, 0.25) is 0 Å². The third-order valence-corrected chi connectivity index (χ3v) is 3.19. The molecular formula is C12H13ClN2OS. The number of thioether (sulfide) groups is 1. The van der Waals surface area contributed by atoms with Crippen LogP contribution in [0.25, 0.3) is 0 Å². The van der Waals surface area contributed by atoms with Gasteiger partial charge in [-0.2, -0.15) is 0 Å². The Hall–Kier alpha value is -1.13. The van der Waals surface area contributed by atoms with Crippen LogP contribution in [0.1, 0.15) is 5.69 Å². The predicted octanol–water partition coefficient (Wildman–Crippen LogP) is 3.84. The molecule has 0 aliphatic heterocycles. The average Bonchev–Trinajstić information content (AvgIpc) is 2.73. The Balaban J connectivity index is 1.71. The number of oxazole rings is 1. The van der Waals surface area contributed by atoms with Crippen LogP contribution in [0, 0.1) is 6.92 Å². The Morgan fingerprint density at radius 2 is 2.12 bits per heavy atom. The highest BCUT2D eigenvalue weighted by molar-refractivity contribution is 7.99. The fourth-order valence-electron chi connectivity index (χ4n) is 1.30. The maximum atomic E-state index is 5.80. The van der Waals surface area contributed by atoms with Crippen LogP contribution in [0.2, 0.25) is 5.02 Å². The van der Waals surface area contributed by atoms with Crippen molar-refractivity contribution in [2.45, 2.75) is 12.1 Å². The molecule has 1 aromatic heterocycles. The first-order valence-electron chi connectivity index (χ1n) is 5.28. The van der Waals surface area contributed by atoms with Gasteiger partial charge in [0.05, 0.1) is 5.69 Å². The van der Waals surface area contributed by atoms with Crippen LogP contribution in [0.5, 0.6) is 0 Å². The third kappa shape index (κ3) is 3.98. The molecule has 0 saturated carbocycles. The molecule has 0 unspecified atom stereocenters. The van der Waals surface area contributed by atoms with Gasteiger partial charge in [-0.3, -0.25) is 0 Å². The molecule has 3 nitrogen and oxygen atoms in total. The first kappa shape index (κ1) is 12.3.